The smallest absolute Gasteiger partial charge is 0.389 e. The molecule has 0 atom stereocenters. The van der Waals surface area contributed by atoms with Gasteiger partial charge in [-0.15, -0.1) is 5.10 Å². The number of aromatic nitrogens is 5. The lowest BCUT2D eigenvalue weighted by Crippen LogP contribution is -2.32. The molecular formula is C25H22F2N8O4. The third-order valence-electron chi connectivity index (χ3n) is 6.26. The zero-order valence-electron chi connectivity index (χ0n) is 20.8. The number of primary amides is 1. The first-order valence-corrected chi connectivity index (χ1v) is 11.7. The zero-order chi connectivity index (χ0) is 27.8. The molecule has 39 heavy (non-hydrogen) atoms. The zero-order valence-corrected chi connectivity index (χ0v) is 20.8. The van der Waals surface area contributed by atoms with E-state index in [0.717, 1.165) is 9.25 Å². The van der Waals surface area contributed by atoms with Crippen LogP contribution in [-0.4, -0.2) is 56.0 Å². The van der Waals surface area contributed by atoms with E-state index in [1.165, 1.54) is 29.1 Å². The standard InChI is InChI=1S/C25H22F2N8O4/c1-14-18(19-7-6-17(13-30-19)35-23(39-22(26)27)31-32(2)24(35)37)8-9-29-21(14)34-11-10-33(25(34)38)16-5-3-4-15(12-16)20(28)36/h3-9,12-13,22H,10-11H2,1-2H3,(H2,28,36). The highest BCUT2D eigenvalue weighted by atomic mass is 19.3. The van der Waals surface area contributed by atoms with E-state index in [0.29, 0.717) is 47.0 Å². The number of urea groups is 1. The molecule has 12 nitrogen and oxygen atoms in total. The number of hydrogen-bond donors (Lipinski definition) is 1. The van der Waals surface area contributed by atoms with Gasteiger partial charge in [-0.25, -0.2) is 23.8 Å². The number of carbonyl (C=O) groups is 2. The van der Waals surface area contributed by atoms with Gasteiger partial charge in [0, 0.05) is 48.7 Å². The van der Waals surface area contributed by atoms with Gasteiger partial charge in [-0.1, -0.05) is 6.07 Å². The van der Waals surface area contributed by atoms with Crippen LogP contribution in [0.1, 0.15) is 15.9 Å². The summed E-state index contributed by atoms with van der Waals surface area (Å²) in [6.07, 6.45) is 2.89. The average Bonchev–Trinajstić information content (AvgIpc) is 3.42. The number of anilines is 2. The number of pyridine rings is 2. The first-order chi connectivity index (χ1) is 18.7. The fourth-order valence-electron chi connectivity index (χ4n) is 4.37. The second-order valence-corrected chi connectivity index (χ2v) is 8.61. The second kappa shape index (κ2) is 9.96. The van der Waals surface area contributed by atoms with E-state index in [-0.39, 0.29) is 11.7 Å². The molecule has 0 bridgehead atoms. The molecular weight excluding hydrogens is 514 g/mol. The summed E-state index contributed by atoms with van der Waals surface area (Å²) in [5.74, 6) is -0.150. The molecule has 1 aromatic carbocycles. The monoisotopic (exact) mass is 536 g/mol. The fourth-order valence-corrected chi connectivity index (χ4v) is 4.37. The van der Waals surface area contributed by atoms with Gasteiger partial charge in [-0.05, 0) is 43.3 Å². The Labute approximate surface area is 219 Å². The Hall–Kier alpha value is -5.14. The largest absolute Gasteiger partial charge is 0.401 e. The summed E-state index contributed by atoms with van der Waals surface area (Å²) in [5, 5.41) is 3.69. The van der Waals surface area contributed by atoms with Crippen molar-refractivity contribution in [3.05, 3.63) is 76.5 Å². The van der Waals surface area contributed by atoms with Crippen molar-refractivity contribution in [3.63, 3.8) is 0 Å². The number of alkyl halides is 2. The Morgan fingerprint density at radius 2 is 1.82 bits per heavy atom. The summed E-state index contributed by atoms with van der Waals surface area (Å²) in [4.78, 5) is 49.2. The van der Waals surface area contributed by atoms with Crippen molar-refractivity contribution in [2.75, 3.05) is 22.9 Å². The van der Waals surface area contributed by atoms with Crippen LogP contribution in [0.25, 0.3) is 16.9 Å². The van der Waals surface area contributed by atoms with Crippen molar-refractivity contribution in [1.82, 2.24) is 24.3 Å². The molecule has 2 N–H and O–H groups in total. The van der Waals surface area contributed by atoms with Crippen LogP contribution in [-0.2, 0) is 7.05 Å². The van der Waals surface area contributed by atoms with E-state index in [4.69, 9.17) is 5.73 Å². The molecule has 3 aromatic heterocycles. The van der Waals surface area contributed by atoms with E-state index in [9.17, 15) is 23.2 Å². The Morgan fingerprint density at radius 3 is 2.51 bits per heavy atom. The Balaban J connectivity index is 1.43. The van der Waals surface area contributed by atoms with Crippen molar-refractivity contribution in [1.29, 1.82) is 0 Å². The number of hydrogen-bond acceptors (Lipinski definition) is 7. The molecule has 14 heteroatoms. The summed E-state index contributed by atoms with van der Waals surface area (Å²) in [7, 11) is 1.32. The third-order valence-corrected chi connectivity index (χ3v) is 6.26. The highest BCUT2D eigenvalue weighted by molar-refractivity contribution is 6.07. The highest BCUT2D eigenvalue weighted by Crippen LogP contribution is 2.31. The number of aryl methyl sites for hydroxylation is 1. The number of benzene rings is 1. The number of amides is 3. The van der Waals surface area contributed by atoms with Gasteiger partial charge in [0.15, 0.2) is 0 Å². The molecule has 0 unspecified atom stereocenters. The minimum atomic E-state index is -3.16. The topological polar surface area (TPSA) is 141 Å². The number of nitrogens with zero attached hydrogens (tertiary/aromatic N) is 7. The molecule has 1 aliphatic heterocycles. The van der Waals surface area contributed by atoms with Crippen LogP contribution in [0.3, 0.4) is 0 Å². The van der Waals surface area contributed by atoms with Crippen LogP contribution in [0.4, 0.5) is 25.1 Å². The van der Waals surface area contributed by atoms with Gasteiger partial charge >= 0.3 is 24.3 Å². The first kappa shape index (κ1) is 25.5. The van der Waals surface area contributed by atoms with Gasteiger partial charge in [-0.2, -0.15) is 8.78 Å². The van der Waals surface area contributed by atoms with Gasteiger partial charge in [0.05, 0.1) is 17.6 Å². The summed E-state index contributed by atoms with van der Waals surface area (Å²) >= 11 is 0. The maximum Gasteiger partial charge on any atom is 0.389 e. The molecule has 1 fully saturated rings. The van der Waals surface area contributed by atoms with Gasteiger partial charge in [0.2, 0.25) is 5.91 Å². The summed E-state index contributed by atoms with van der Waals surface area (Å²) < 4.78 is 31.7. The molecule has 1 aliphatic rings. The van der Waals surface area contributed by atoms with E-state index < -0.39 is 24.2 Å². The van der Waals surface area contributed by atoms with Gasteiger partial charge < -0.3 is 10.5 Å². The van der Waals surface area contributed by atoms with Gasteiger partial charge in [0.1, 0.15) is 5.82 Å². The Bertz CT molecular complexity index is 1630. The minimum Gasteiger partial charge on any atom is -0.401 e. The van der Waals surface area contributed by atoms with Crippen molar-refractivity contribution >= 4 is 23.4 Å². The second-order valence-electron chi connectivity index (χ2n) is 8.61. The molecule has 3 amide bonds. The molecule has 0 saturated carbocycles. The molecule has 4 aromatic rings. The Kier molecular flexibility index (Phi) is 6.52. The van der Waals surface area contributed by atoms with E-state index in [1.807, 2.05) is 0 Å². The summed E-state index contributed by atoms with van der Waals surface area (Å²) in [6.45, 7) is -0.619. The van der Waals surface area contributed by atoms with Crippen LogP contribution in [0.15, 0.2) is 59.7 Å². The van der Waals surface area contributed by atoms with Crippen LogP contribution < -0.4 is 26.0 Å². The Morgan fingerprint density at radius 1 is 1.05 bits per heavy atom. The third kappa shape index (κ3) is 4.67. The van der Waals surface area contributed by atoms with Crippen LogP contribution >= 0.6 is 0 Å². The lowest BCUT2D eigenvalue weighted by Gasteiger charge is -2.20. The number of rotatable bonds is 7. The normalized spacial score (nSPS) is 13.4. The first-order valence-electron chi connectivity index (χ1n) is 11.7. The van der Waals surface area contributed by atoms with Crippen molar-refractivity contribution in [3.8, 4) is 23.0 Å². The van der Waals surface area contributed by atoms with Gasteiger partial charge in [-0.3, -0.25) is 19.6 Å². The van der Waals surface area contributed by atoms with Crippen LogP contribution in [0.5, 0.6) is 6.01 Å². The van der Waals surface area contributed by atoms with Crippen LogP contribution in [0.2, 0.25) is 0 Å². The lowest BCUT2D eigenvalue weighted by molar-refractivity contribution is -0.0575. The molecule has 4 heterocycles. The minimum absolute atomic E-state index is 0.183. The maximum atomic E-state index is 13.3. The van der Waals surface area contributed by atoms with Crippen LogP contribution in [0, 0.1) is 6.92 Å². The highest BCUT2D eigenvalue weighted by Gasteiger charge is 2.33. The van der Waals surface area contributed by atoms with E-state index >= 15 is 0 Å². The number of nitrogens with two attached hydrogens (primary N) is 1. The lowest BCUT2D eigenvalue weighted by atomic mass is 10.1. The van der Waals surface area contributed by atoms with E-state index in [2.05, 4.69) is 19.8 Å². The molecule has 0 spiro atoms. The summed E-state index contributed by atoms with van der Waals surface area (Å²) in [5.41, 5.74) is 7.59. The number of carbonyl (C=O) groups excluding carboxylic acids is 2. The molecule has 200 valence electrons. The van der Waals surface area contributed by atoms with E-state index in [1.54, 1.807) is 49.5 Å². The van der Waals surface area contributed by atoms with Crippen molar-refractivity contribution < 1.29 is 23.1 Å². The molecule has 1 saturated heterocycles. The predicted molar refractivity (Wildman–Crippen MR) is 136 cm³/mol. The molecule has 5 rings (SSSR count). The average molecular weight is 536 g/mol. The van der Waals surface area contributed by atoms with Crippen molar-refractivity contribution in [2.24, 2.45) is 12.8 Å². The number of halogens is 2. The molecule has 0 radical (unpaired) electrons. The van der Waals surface area contributed by atoms with Crippen molar-refractivity contribution in [2.45, 2.75) is 13.5 Å². The quantitative estimate of drug-likeness (QED) is 0.383. The van der Waals surface area contributed by atoms with Gasteiger partial charge in [0.25, 0.3) is 0 Å². The number of ether oxygens (including phenoxy) is 1. The molecule has 0 aliphatic carbocycles. The predicted octanol–water partition coefficient (Wildman–Crippen LogP) is 2.48. The summed E-state index contributed by atoms with van der Waals surface area (Å²) in [6, 6.07) is 10.5. The SMILES string of the molecule is Cc1c(-c2ccc(-n3c(OC(F)F)nn(C)c3=O)cn2)ccnc1N1CCN(c2cccc(C(N)=O)c2)C1=O. The maximum absolute atomic E-state index is 13.3. The fraction of sp³-hybridized carbons (Fsp3) is 0.200.